The summed E-state index contributed by atoms with van der Waals surface area (Å²) in [4.78, 5) is 16.6. The van der Waals surface area contributed by atoms with Crippen molar-refractivity contribution in [1.82, 2.24) is 9.29 Å². The van der Waals surface area contributed by atoms with Crippen molar-refractivity contribution in [1.29, 1.82) is 0 Å². The number of nitrogens with one attached hydrogen (secondary N) is 1. The van der Waals surface area contributed by atoms with Crippen LogP contribution in [0.5, 0.6) is 0 Å². The standard InChI is InChI=1S/C23H23F2N3O4S/c24-16-7-8-19(20(25)13-16)21-15-26-23(32-21)10-9-22(29)27-17-5-4-6-18(14-17)33(30,31)28-11-2-1-3-12-28/h4-8,13-15H,1-3,9-12H2,(H,27,29). The Morgan fingerprint density at radius 3 is 2.64 bits per heavy atom. The van der Waals surface area contributed by atoms with Crippen molar-refractivity contribution in [3.05, 3.63) is 66.2 Å². The van der Waals surface area contributed by atoms with Crippen LogP contribution in [0.3, 0.4) is 0 Å². The Morgan fingerprint density at radius 1 is 1.09 bits per heavy atom. The fourth-order valence-corrected chi connectivity index (χ4v) is 5.24. The van der Waals surface area contributed by atoms with Crippen LogP contribution in [-0.2, 0) is 21.2 Å². The van der Waals surface area contributed by atoms with E-state index in [0.717, 1.165) is 31.4 Å². The highest BCUT2D eigenvalue weighted by molar-refractivity contribution is 7.89. The van der Waals surface area contributed by atoms with Gasteiger partial charge in [-0.1, -0.05) is 12.5 Å². The molecule has 10 heteroatoms. The SMILES string of the molecule is O=C(CCc1ncc(-c2ccc(F)cc2F)o1)Nc1cccc(S(=O)(=O)N2CCCCC2)c1. The second-order valence-electron chi connectivity index (χ2n) is 7.78. The van der Waals surface area contributed by atoms with Crippen LogP contribution >= 0.6 is 0 Å². The highest BCUT2D eigenvalue weighted by atomic mass is 32.2. The molecule has 2 aromatic carbocycles. The number of carbonyl (C=O) groups excluding carboxylic acids is 1. The normalized spacial score (nSPS) is 14.8. The van der Waals surface area contributed by atoms with Crippen LogP contribution in [0.2, 0.25) is 0 Å². The number of nitrogens with zero attached hydrogens (tertiary/aromatic N) is 2. The highest BCUT2D eigenvalue weighted by Gasteiger charge is 2.26. The largest absolute Gasteiger partial charge is 0.441 e. The van der Waals surface area contributed by atoms with Crippen LogP contribution < -0.4 is 5.32 Å². The van der Waals surface area contributed by atoms with Crippen molar-refractivity contribution in [3.8, 4) is 11.3 Å². The van der Waals surface area contributed by atoms with Gasteiger partial charge in [-0.25, -0.2) is 22.2 Å². The molecule has 1 aliphatic rings. The number of oxazole rings is 1. The third-order valence-corrected chi connectivity index (χ3v) is 7.28. The van der Waals surface area contributed by atoms with Gasteiger partial charge in [0.1, 0.15) is 11.6 Å². The molecule has 33 heavy (non-hydrogen) atoms. The first-order valence-electron chi connectivity index (χ1n) is 10.6. The van der Waals surface area contributed by atoms with Gasteiger partial charge >= 0.3 is 0 Å². The summed E-state index contributed by atoms with van der Waals surface area (Å²) >= 11 is 0. The molecule has 174 valence electrons. The van der Waals surface area contributed by atoms with Crippen molar-refractivity contribution >= 4 is 21.6 Å². The summed E-state index contributed by atoms with van der Waals surface area (Å²) in [5, 5.41) is 2.69. The Morgan fingerprint density at radius 2 is 1.88 bits per heavy atom. The minimum Gasteiger partial charge on any atom is -0.441 e. The van der Waals surface area contributed by atoms with Crippen LogP contribution in [0, 0.1) is 11.6 Å². The van der Waals surface area contributed by atoms with E-state index in [1.54, 1.807) is 12.1 Å². The van der Waals surface area contributed by atoms with Crippen molar-refractivity contribution in [2.45, 2.75) is 37.0 Å². The third-order valence-electron chi connectivity index (χ3n) is 5.39. The van der Waals surface area contributed by atoms with E-state index < -0.39 is 21.7 Å². The lowest BCUT2D eigenvalue weighted by atomic mass is 10.2. The predicted molar refractivity (Wildman–Crippen MR) is 118 cm³/mol. The van der Waals surface area contributed by atoms with E-state index in [1.807, 2.05) is 0 Å². The van der Waals surface area contributed by atoms with Gasteiger partial charge in [0, 0.05) is 37.7 Å². The zero-order chi connectivity index (χ0) is 23.4. The van der Waals surface area contributed by atoms with E-state index in [2.05, 4.69) is 10.3 Å². The molecule has 1 N–H and O–H groups in total. The lowest BCUT2D eigenvalue weighted by molar-refractivity contribution is -0.116. The molecular weight excluding hydrogens is 452 g/mol. The van der Waals surface area contributed by atoms with Crippen LogP contribution in [0.15, 0.2) is 58.0 Å². The van der Waals surface area contributed by atoms with Gasteiger partial charge in [0.25, 0.3) is 0 Å². The van der Waals surface area contributed by atoms with Gasteiger partial charge < -0.3 is 9.73 Å². The molecule has 0 saturated carbocycles. The first-order chi connectivity index (χ1) is 15.8. The quantitative estimate of drug-likeness (QED) is 0.548. The highest BCUT2D eigenvalue weighted by Crippen LogP contribution is 2.25. The second kappa shape index (κ2) is 9.80. The summed E-state index contributed by atoms with van der Waals surface area (Å²) in [6.07, 6.45) is 4.19. The first kappa shape index (κ1) is 23.1. The average Bonchev–Trinajstić information content (AvgIpc) is 3.27. The molecule has 0 unspecified atom stereocenters. The Balaban J connectivity index is 1.37. The van der Waals surface area contributed by atoms with Gasteiger partial charge in [0.05, 0.1) is 16.7 Å². The van der Waals surface area contributed by atoms with E-state index in [4.69, 9.17) is 4.42 Å². The molecule has 1 amide bonds. The third kappa shape index (κ3) is 5.45. The number of hydrogen-bond donors (Lipinski definition) is 1. The average molecular weight is 476 g/mol. The molecular formula is C23H23F2N3O4S. The van der Waals surface area contributed by atoms with Gasteiger partial charge in [-0.2, -0.15) is 4.31 Å². The molecule has 1 aliphatic heterocycles. The van der Waals surface area contributed by atoms with Gasteiger partial charge in [-0.15, -0.1) is 0 Å². The minimum absolute atomic E-state index is 0.0228. The van der Waals surface area contributed by atoms with Gasteiger partial charge in [-0.3, -0.25) is 4.79 Å². The molecule has 1 saturated heterocycles. The van der Waals surface area contributed by atoms with Crippen molar-refractivity contribution in [3.63, 3.8) is 0 Å². The number of aromatic nitrogens is 1. The van der Waals surface area contributed by atoms with E-state index in [9.17, 15) is 22.0 Å². The zero-order valence-electron chi connectivity index (χ0n) is 17.8. The number of piperidine rings is 1. The van der Waals surface area contributed by atoms with Crippen LogP contribution in [0.1, 0.15) is 31.6 Å². The van der Waals surface area contributed by atoms with Crippen molar-refractivity contribution in [2.24, 2.45) is 0 Å². The van der Waals surface area contributed by atoms with Crippen molar-refractivity contribution in [2.75, 3.05) is 18.4 Å². The Hall–Kier alpha value is -3.11. The zero-order valence-corrected chi connectivity index (χ0v) is 18.6. The molecule has 3 aromatic rings. The first-order valence-corrected chi connectivity index (χ1v) is 12.1. The maximum absolute atomic E-state index is 13.9. The van der Waals surface area contributed by atoms with E-state index in [1.165, 1.54) is 28.7 Å². The molecule has 0 bridgehead atoms. The second-order valence-corrected chi connectivity index (χ2v) is 9.72. The number of halogens is 2. The van der Waals surface area contributed by atoms with E-state index in [-0.39, 0.29) is 40.9 Å². The fourth-order valence-electron chi connectivity index (χ4n) is 3.67. The van der Waals surface area contributed by atoms with E-state index in [0.29, 0.717) is 18.8 Å². The molecule has 0 spiro atoms. The van der Waals surface area contributed by atoms with Crippen LogP contribution in [-0.4, -0.2) is 36.7 Å². The van der Waals surface area contributed by atoms with Crippen molar-refractivity contribution < 1.29 is 26.4 Å². The number of benzene rings is 2. The predicted octanol–water partition coefficient (Wildman–Crippen LogP) is 4.37. The lowest BCUT2D eigenvalue weighted by Gasteiger charge is -2.26. The summed E-state index contributed by atoms with van der Waals surface area (Å²) in [5.74, 6) is -1.45. The Kier molecular flexibility index (Phi) is 6.85. The molecule has 0 atom stereocenters. The molecule has 1 fully saturated rings. The fraction of sp³-hybridized carbons (Fsp3) is 0.304. The maximum atomic E-state index is 13.9. The minimum atomic E-state index is -3.60. The number of amides is 1. The van der Waals surface area contributed by atoms with Crippen LogP contribution in [0.25, 0.3) is 11.3 Å². The summed E-state index contributed by atoms with van der Waals surface area (Å²) in [6, 6.07) is 9.30. The number of hydrogen-bond acceptors (Lipinski definition) is 5. The van der Waals surface area contributed by atoms with Gasteiger partial charge in [0.15, 0.2) is 11.7 Å². The van der Waals surface area contributed by atoms with Crippen LogP contribution in [0.4, 0.5) is 14.5 Å². The van der Waals surface area contributed by atoms with Gasteiger partial charge in [-0.05, 0) is 43.2 Å². The summed E-state index contributed by atoms with van der Waals surface area (Å²) < 4.78 is 59.6. The smallest absolute Gasteiger partial charge is 0.243 e. The number of sulfonamides is 1. The van der Waals surface area contributed by atoms with Gasteiger partial charge in [0.2, 0.25) is 15.9 Å². The summed E-state index contributed by atoms with van der Waals surface area (Å²) in [6.45, 7) is 0.998. The van der Waals surface area contributed by atoms with E-state index >= 15 is 0 Å². The summed E-state index contributed by atoms with van der Waals surface area (Å²) in [7, 11) is -3.60. The Bertz CT molecular complexity index is 1250. The number of anilines is 1. The number of aryl methyl sites for hydroxylation is 1. The summed E-state index contributed by atoms with van der Waals surface area (Å²) in [5.41, 5.74) is 0.450. The molecule has 2 heterocycles. The maximum Gasteiger partial charge on any atom is 0.243 e. The number of rotatable bonds is 7. The lowest BCUT2D eigenvalue weighted by Crippen LogP contribution is -2.35. The monoisotopic (exact) mass is 475 g/mol. The number of carbonyl (C=O) groups is 1. The molecule has 0 aliphatic carbocycles. The molecule has 7 nitrogen and oxygen atoms in total. The Labute approximate surface area is 190 Å². The topological polar surface area (TPSA) is 92.5 Å². The molecule has 1 aromatic heterocycles. The molecule has 0 radical (unpaired) electrons. The molecule has 4 rings (SSSR count).